The van der Waals surface area contributed by atoms with Gasteiger partial charge in [-0.05, 0) is 62.2 Å². The summed E-state index contributed by atoms with van der Waals surface area (Å²) in [6.45, 7) is 5.83. The maximum Gasteiger partial charge on any atom is 0.408 e. The van der Waals surface area contributed by atoms with Crippen molar-refractivity contribution in [2.24, 2.45) is 0 Å². The van der Waals surface area contributed by atoms with E-state index in [1.165, 1.54) is 5.56 Å². The lowest BCUT2D eigenvalue weighted by molar-refractivity contribution is -0.120. The monoisotopic (exact) mass is 502 g/mol. The summed E-state index contributed by atoms with van der Waals surface area (Å²) in [5.41, 5.74) is 5.65. The van der Waals surface area contributed by atoms with Crippen molar-refractivity contribution in [3.63, 3.8) is 0 Å². The van der Waals surface area contributed by atoms with Gasteiger partial charge in [0.15, 0.2) is 0 Å². The number of amides is 2. The number of nitrogens with one attached hydrogen (secondary N) is 3. The largest absolute Gasteiger partial charge is 0.443 e. The van der Waals surface area contributed by atoms with Crippen molar-refractivity contribution in [2.75, 3.05) is 22.6 Å². The van der Waals surface area contributed by atoms with Crippen LogP contribution >= 0.6 is 11.8 Å². The van der Waals surface area contributed by atoms with Crippen LogP contribution in [0.4, 0.5) is 33.6 Å². The zero-order valence-corrected chi connectivity index (χ0v) is 21.2. The topological polar surface area (TPSA) is 108 Å². The van der Waals surface area contributed by atoms with Crippen LogP contribution in [0.1, 0.15) is 36.6 Å². The molecule has 10 heteroatoms. The zero-order valence-electron chi connectivity index (χ0n) is 20.4. The third-order valence-electron chi connectivity index (χ3n) is 6.80. The Morgan fingerprint density at radius 1 is 1.14 bits per heavy atom. The molecule has 1 saturated heterocycles. The van der Waals surface area contributed by atoms with Crippen LogP contribution in [0.25, 0.3) is 0 Å². The van der Waals surface area contributed by atoms with E-state index in [1.807, 2.05) is 64.2 Å². The lowest BCUT2D eigenvalue weighted by Crippen LogP contribution is -2.44. The molecule has 2 atom stereocenters. The first-order chi connectivity index (χ1) is 17.2. The van der Waals surface area contributed by atoms with Gasteiger partial charge in [0.05, 0.1) is 16.5 Å². The Morgan fingerprint density at radius 3 is 2.75 bits per heavy atom. The molecule has 184 valence electrons. The molecule has 3 N–H and O–H groups in total. The van der Waals surface area contributed by atoms with E-state index in [-0.39, 0.29) is 24.1 Å². The van der Waals surface area contributed by atoms with E-state index < -0.39 is 4.75 Å². The Kier molecular flexibility index (Phi) is 5.11. The van der Waals surface area contributed by atoms with Crippen molar-refractivity contribution in [1.82, 2.24) is 15.3 Å². The maximum absolute atomic E-state index is 12.7. The number of alkyl carbamates (subject to hydrolysis) is 1. The van der Waals surface area contributed by atoms with Gasteiger partial charge < -0.3 is 25.6 Å². The second-order valence-electron chi connectivity index (χ2n) is 9.82. The minimum absolute atomic E-state index is 0.0752. The predicted molar refractivity (Wildman–Crippen MR) is 139 cm³/mol. The lowest BCUT2D eigenvalue weighted by Gasteiger charge is -2.36. The molecule has 6 rings (SSSR count). The standard InChI is InChI=1S/C26H26N6O3S/c1-13-12-27-24(29-15-6-5-14-9-19-21(17(14)10-15)30-25(34)35-19)31-22(13)28-16-7-8-20-18(11-16)32(4)23(33)26(2,3)36-20/h5-8,10-12,19,21H,9H2,1-4H3,(H,30,34)(H2,27,28,29,31)/t19-,21+/m0/s1. The molecule has 3 aliphatic rings. The molecule has 0 bridgehead atoms. The zero-order chi connectivity index (χ0) is 25.2. The summed E-state index contributed by atoms with van der Waals surface area (Å²) in [5.74, 6) is 1.20. The average Bonchev–Trinajstić information content (AvgIpc) is 3.36. The molecule has 3 heterocycles. The van der Waals surface area contributed by atoms with E-state index in [2.05, 4.69) is 20.9 Å². The summed E-state index contributed by atoms with van der Waals surface area (Å²) in [6, 6.07) is 11.9. The number of benzene rings is 2. The number of carbonyl (C=O) groups excluding carboxylic acids is 2. The Labute approximate surface area is 213 Å². The number of hydrogen-bond acceptors (Lipinski definition) is 8. The van der Waals surface area contributed by atoms with E-state index in [1.54, 1.807) is 22.9 Å². The maximum atomic E-state index is 12.7. The summed E-state index contributed by atoms with van der Waals surface area (Å²) >= 11 is 1.58. The van der Waals surface area contributed by atoms with Gasteiger partial charge in [-0.25, -0.2) is 9.78 Å². The van der Waals surface area contributed by atoms with Gasteiger partial charge in [0, 0.05) is 41.5 Å². The molecule has 1 aromatic heterocycles. The minimum Gasteiger partial charge on any atom is -0.443 e. The summed E-state index contributed by atoms with van der Waals surface area (Å²) < 4.78 is 4.85. The molecule has 2 aromatic carbocycles. The number of rotatable bonds is 4. The summed E-state index contributed by atoms with van der Waals surface area (Å²) in [4.78, 5) is 36.3. The van der Waals surface area contributed by atoms with Crippen LogP contribution in [0.15, 0.2) is 47.5 Å². The van der Waals surface area contributed by atoms with Crippen LogP contribution in [0.5, 0.6) is 0 Å². The third-order valence-corrected chi connectivity index (χ3v) is 8.05. The van der Waals surface area contributed by atoms with Gasteiger partial charge in [-0.1, -0.05) is 6.07 Å². The molecule has 3 aromatic rings. The van der Waals surface area contributed by atoms with Crippen molar-refractivity contribution in [3.8, 4) is 0 Å². The first-order valence-electron chi connectivity index (χ1n) is 11.8. The molecule has 0 unspecified atom stereocenters. The van der Waals surface area contributed by atoms with Crippen LogP contribution in [-0.2, 0) is 16.0 Å². The highest BCUT2D eigenvalue weighted by molar-refractivity contribution is 8.01. The fourth-order valence-electron chi connectivity index (χ4n) is 4.93. The minimum atomic E-state index is -0.491. The van der Waals surface area contributed by atoms with Crippen LogP contribution in [-0.4, -0.2) is 39.9 Å². The quantitative estimate of drug-likeness (QED) is 0.466. The van der Waals surface area contributed by atoms with Crippen molar-refractivity contribution in [2.45, 2.75) is 49.0 Å². The van der Waals surface area contributed by atoms with E-state index in [4.69, 9.17) is 9.72 Å². The SMILES string of the molecule is Cc1cnc(Nc2ccc3c(c2)[C@H]2NC(=O)O[C@H]2C3)nc1Nc1ccc2c(c1)N(C)C(=O)C(C)(C)S2. The van der Waals surface area contributed by atoms with Crippen molar-refractivity contribution in [3.05, 3.63) is 59.3 Å². The molecule has 0 saturated carbocycles. The van der Waals surface area contributed by atoms with Gasteiger partial charge in [0.2, 0.25) is 11.9 Å². The number of anilines is 5. The van der Waals surface area contributed by atoms with Crippen molar-refractivity contribution in [1.29, 1.82) is 0 Å². The Bertz CT molecular complexity index is 1420. The number of hydrogen-bond donors (Lipinski definition) is 3. The Balaban J connectivity index is 1.23. The molecular formula is C26H26N6O3S. The Hall–Kier alpha value is -3.79. The summed E-state index contributed by atoms with van der Waals surface area (Å²) in [7, 11) is 1.81. The first-order valence-corrected chi connectivity index (χ1v) is 12.6. The van der Waals surface area contributed by atoms with Gasteiger partial charge in [0.25, 0.3) is 0 Å². The first kappa shape index (κ1) is 22.7. The predicted octanol–water partition coefficient (Wildman–Crippen LogP) is 4.82. The number of thioether (sulfide) groups is 1. The molecular weight excluding hydrogens is 476 g/mol. The number of nitrogens with zero attached hydrogens (tertiary/aromatic N) is 3. The molecule has 1 aliphatic carbocycles. The van der Waals surface area contributed by atoms with E-state index >= 15 is 0 Å². The summed E-state index contributed by atoms with van der Waals surface area (Å²) in [5, 5.41) is 9.54. The molecule has 0 spiro atoms. The van der Waals surface area contributed by atoms with Crippen LogP contribution in [0.3, 0.4) is 0 Å². The van der Waals surface area contributed by atoms with E-state index in [0.717, 1.165) is 33.1 Å². The fraction of sp³-hybridized carbons (Fsp3) is 0.308. The summed E-state index contributed by atoms with van der Waals surface area (Å²) in [6.07, 6.45) is 1.96. The molecule has 36 heavy (non-hydrogen) atoms. The molecule has 0 radical (unpaired) electrons. The van der Waals surface area contributed by atoms with Gasteiger partial charge in [-0.15, -0.1) is 11.8 Å². The van der Waals surface area contributed by atoms with Crippen LogP contribution < -0.4 is 20.9 Å². The van der Waals surface area contributed by atoms with Gasteiger partial charge >= 0.3 is 6.09 Å². The lowest BCUT2D eigenvalue weighted by atomic mass is 10.1. The van der Waals surface area contributed by atoms with Gasteiger partial charge in [0.1, 0.15) is 11.9 Å². The van der Waals surface area contributed by atoms with Crippen molar-refractivity contribution >= 4 is 52.6 Å². The normalized spacial score (nSPS) is 21.3. The van der Waals surface area contributed by atoms with Gasteiger partial charge in [-0.3, -0.25) is 4.79 Å². The van der Waals surface area contributed by atoms with E-state index in [9.17, 15) is 9.59 Å². The average molecular weight is 503 g/mol. The highest BCUT2D eigenvalue weighted by atomic mass is 32.2. The van der Waals surface area contributed by atoms with Crippen LogP contribution in [0, 0.1) is 6.92 Å². The smallest absolute Gasteiger partial charge is 0.408 e. The number of aryl methyl sites for hydroxylation is 1. The second-order valence-corrected chi connectivity index (χ2v) is 11.5. The number of ether oxygens (including phenoxy) is 1. The number of carbonyl (C=O) groups is 2. The number of aromatic nitrogens is 2. The number of fused-ring (bicyclic) bond motifs is 4. The highest BCUT2D eigenvalue weighted by Gasteiger charge is 2.42. The molecule has 2 amide bonds. The molecule has 2 aliphatic heterocycles. The Morgan fingerprint density at radius 2 is 1.92 bits per heavy atom. The van der Waals surface area contributed by atoms with Gasteiger partial charge in [-0.2, -0.15) is 4.98 Å². The molecule has 9 nitrogen and oxygen atoms in total. The van der Waals surface area contributed by atoms with Crippen LogP contribution in [0.2, 0.25) is 0 Å². The fourth-order valence-corrected chi connectivity index (χ4v) is 6.14. The highest BCUT2D eigenvalue weighted by Crippen LogP contribution is 2.45. The third kappa shape index (κ3) is 3.81. The van der Waals surface area contributed by atoms with Crippen molar-refractivity contribution < 1.29 is 14.3 Å². The molecule has 1 fully saturated rings. The second kappa shape index (κ2) is 8.12. The van der Waals surface area contributed by atoms with E-state index in [0.29, 0.717) is 18.2 Å².